The minimum atomic E-state index is -4.99. The molecule has 0 aromatic heterocycles. The molecule has 1 N–H and O–H groups in total. The molecule has 1 aliphatic carbocycles. The van der Waals surface area contributed by atoms with Crippen LogP contribution in [-0.4, -0.2) is 40.4 Å². The summed E-state index contributed by atoms with van der Waals surface area (Å²) >= 11 is 0. The highest BCUT2D eigenvalue weighted by atomic mass is 19.4. The molecule has 5 nitrogen and oxygen atoms in total. The summed E-state index contributed by atoms with van der Waals surface area (Å²) in [6, 6.07) is 0. The number of halogens is 3. The highest BCUT2D eigenvalue weighted by Gasteiger charge is 2.69. The lowest BCUT2D eigenvalue weighted by Gasteiger charge is -2.38. The molecule has 0 aromatic carbocycles. The van der Waals surface area contributed by atoms with Crippen LogP contribution in [0.5, 0.6) is 0 Å². The third kappa shape index (κ3) is 2.15. The van der Waals surface area contributed by atoms with Crippen LogP contribution in [0.2, 0.25) is 0 Å². The van der Waals surface area contributed by atoms with Crippen LogP contribution in [0, 0.1) is 11.8 Å². The SMILES string of the molecule is CCOC(=O)N1N=C2CC[C@H](C)C[C@@H]2[C@]1(O)C(F)(F)F. The number of alkyl halides is 3. The predicted molar refractivity (Wildman–Crippen MR) is 63.8 cm³/mol. The number of carbonyl (C=O) groups is 1. The van der Waals surface area contributed by atoms with Crippen molar-refractivity contribution in [2.75, 3.05) is 6.61 Å². The zero-order valence-corrected chi connectivity index (χ0v) is 11.3. The molecule has 20 heavy (non-hydrogen) atoms. The first kappa shape index (κ1) is 15.1. The van der Waals surface area contributed by atoms with Crippen LogP contribution in [0.3, 0.4) is 0 Å². The molecule has 8 heteroatoms. The van der Waals surface area contributed by atoms with E-state index in [1.807, 2.05) is 6.92 Å². The topological polar surface area (TPSA) is 62.1 Å². The van der Waals surface area contributed by atoms with Gasteiger partial charge in [0, 0.05) is 5.71 Å². The quantitative estimate of drug-likeness (QED) is 0.808. The second-order valence-electron chi connectivity index (χ2n) is 5.26. The number of hydrazone groups is 1. The first-order valence-electron chi connectivity index (χ1n) is 6.55. The van der Waals surface area contributed by atoms with E-state index in [9.17, 15) is 23.1 Å². The van der Waals surface area contributed by atoms with E-state index >= 15 is 0 Å². The van der Waals surface area contributed by atoms with Gasteiger partial charge in [0.25, 0.3) is 5.72 Å². The van der Waals surface area contributed by atoms with Gasteiger partial charge in [-0.25, -0.2) is 4.79 Å². The van der Waals surface area contributed by atoms with Gasteiger partial charge in [-0.15, -0.1) is 0 Å². The van der Waals surface area contributed by atoms with Crippen LogP contribution in [-0.2, 0) is 4.74 Å². The number of amides is 1. The van der Waals surface area contributed by atoms with Gasteiger partial charge in [-0.2, -0.15) is 23.3 Å². The number of ether oxygens (including phenoxy) is 1. The Labute approximate surface area is 114 Å². The van der Waals surface area contributed by atoms with Gasteiger partial charge < -0.3 is 9.84 Å². The molecule has 0 radical (unpaired) electrons. The van der Waals surface area contributed by atoms with Gasteiger partial charge in [0.15, 0.2) is 0 Å². The van der Waals surface area contributed by atoms with E-state index in [-0.39, 0.29) is 29.7 Å². The van der Waals surface area contributed by atoms with Gasteiger partial charge in [-0.3, -0.25) is 0 Å². The summed E-state index contributed by atoms with van der Waals surface area (Å²) in [4.78, 5) is 11.7. The van der Waals surface area contributed by atoms with Crippen molar-refractivity contribution in [2.24, 2.45) is 16.9 Å². The van der Waals surface area contributed by atoms with Gasteiger partial charge in [-0.1, -0.05) is 6.92 Å². The Kier molecular flexibility index (Phi) is 3.70. The first-order chi connectivity index (χ1) is 9.21. The summed E-state index contributed by atoms with van der Waals surface area (Å²) in [6.45, 7) is 3.21. The maximum atomic E-state index is 13.3. The Morgan fingerprint density at radius 3 is 2.80 bits per heavy atom. The van der Waals surface area contributed by atoms with E-state index in [1.54, 1.807) is 0 Å². The van der Waals surface area contributed by atoms with Crippen molar-refractivity contribution in [3.63, 3.8) is 0 Å². The Hall–Kier alpha value is -1.31. The minimum absolute atomic E-state index is 0.0370. The maximum absolute atomic E-state index is 13.3. The summed E-state index contributed by atoms with van der Waals surface area (Å²) in [5.41, 5.74) is -3.08. The van der Waals surface area contributed by atoms with Crippen LogP contribution in [0.1, 0.15) is 33.1 Å². The Morgan fingerprint density at radius 1 is 1.60 bits per heavy atom. The third-order valence-corrected chi connectivity index (χ3v) is 3.83. The summed E-state index contributed by atoms with van der Waals surface area (Å²) < 4.78 is 44.5. The zero-order chi connectivity index (χ0) is 15.1. The van der Waals surface area contributed by atoms with Crippen LogP contribution in [0.15, 0.2) is 5.10 Å². The van der Waals surface area contributed by atoms with Crippen molar-refractivity contribution in [3.8, 4) is 0 Å². The molecule has 3 atom stereocenters. The maximum Gasteiger partial charge on any atom is 0.439 e. The molecule has 0 bridgehead atoms. The monoisotopic (exact) mass is 294 g/mol. The molecule has 0 saturated heterocycles. The van der Waals surface area contributed by atoms with E-state index < -0.39 is 23.9 Å². The van der Waals surface area contributed by atoms with Crippen molar-refractivity contribution in [1.82, 2.24) is 5.01 Å². The lowest BCUT2D eigenvalue weighted by molar-refractivity contribution is -0.315. The lowest BCUT2D eigenvalue weighted by atomic mass is 9.76. The molecule has 0 unspecified atom stereocenters. The van der Waals surface area contributed by atoms with Crippen molar-refractivity contribution in [1.29, 1.82) is 0 Å². The average Bonchev–Trinajstić information content (AvgIpc) is 2.64. The van der Waals surface area contributed by atoms with Gasteiger partial charge in [0.05, 0.1) is 12.5 Å². The molecule has 1 saturated carbocycles. The molecular formula is C12H17F3N2O3. The van der Waals surface area contributed by atoms with Crippen molar-refractivity contribution >= 4 is 11.8 Å². The van der Waals surface area contributed by atoms with Crippen molar-refractivity contribution in [3.05, 3.63) is 0 Å². The summed E-state index contributed by atoms with van der Waals surface area (Å²) in [7, 11) is 0. The summed E-state index contributed by atoms with van der Waals surface area (Å²) in [6.07, 6.45) is -5.08. The normalized spacial score (nSPS) is 33.7. The molecule has 1 fully saturated rings. The number of carbonyl (C=O) groups excluding carboxylic acids is 1. The van der Waals surface area contributed by atoms with Gasteiger partial charge >= 0.3 is 12.3 Å². The second kappa shape index (κ2) is 4.91. The molecule has 2 aliphatic rings. The molecule has 0 aromatic rings. The number of hydrogen-bond donors (Lipinski definition) is 1. The largest absolute Gasteiger partial charge is 0.448 e. The van der Waals surface area contributed by atoms with E-state index in [2.05, 4.69) is 9.84 Å². The summed E-state index contributed by atoms with van der Waals surface area (Å²) in [5, 5.41) is 13.9. The third-order valence-electron chi connectivity index (χ3n) is 3.83. The number of nitrogens with zero attached hydrogens (tertiary/aromatic N) is 2. The van der Waals surface area contributed by atoms with Crippen LogP contribution in [0.4, 0.5) is 18.0 Å². The van der Waals surface area contributed by atoms with E-state index in [1.165, 1.54) is 6.92 Å². The lowest BCUT2D eigenvalue weighted by Crippen LogP contribution is -2.61. The minimum Gasteiger partial charge on any atom is -0.448 e. The first-order valence-corrected chi connectivity index (χ1v) is 6.55. The molecule has 1 aliphatic heterocycles. The molecule has 2 rings (SSSR count). The molecular weight excluding hydrogens is 277 g/mol. The highest BCUT2D eigenvalue weighted by Crippen LogP contribution is 2.49. The van der Waals surface area contributed by atoms with E-state index in [0.717, 1.165) is 0 Å². The molecule has 0 spiro atoms. The van der Waals surface area contributed by atoms with Crippen LogP contribution >= 0.6 is 0 Å². The predicted octanol–water partition coefficient (Wildman–Crippen LogP) is 2.50. The molecule has 1 amide bonds. The van der Waals surface area contributed by atoms with E-state index in [4.69, 9.17) is 0 Å². The Bertz CT molecular complexity index is 438. The standard InChI is InChI=1S/C12H17F3N2O3/c1-3-20-10(18)17-11(19,12(13,14)15)8-6-7(2)4-5-9(8)16-17/h7-8,19H,3-6H2,1-2H3/t7-,8-,11-/m0/s1. The Morgan fingerprint density at radius 2 is 2.25 bits per heavy atom. The van der Waals surface area contributed by atoms with Crippen molar-refractivity contribution < 1.29 is 27.8 Å². The number of fused-ring (bicyclic) bond motifs is 1. The molecule has 1 heterocycles. The number of aliphatic hydroxyl groups is 1. The van der Waals surface area contributed by atoms with Gasteiger partial charge in [0.2, 0.25) is 0 Å². The fourth-order valence-electron chi connectivity index (χ4n) is 2.78. The number of rotatable bonds is 1. The number of hydrogen-bond acceptors (Lipinski definition) is 4. The Balaban J connectivity index is 2.40. The van der Waals surface area contributed by atoms with Crippen LogP contribution in [0.25, 0.3) is 0 Å². The fourth-order valence-corrected chi connectivity index (χ4v) is 2.78. The second-order valence-corrected chi connectivity index (χ2v) is 5.26. The zero-order valence-electron chi connectivity index (χ0n) is 11.3. The fraction of sp³-hybridized carbons (Fsp3) is 0.833. The van der Waals surface area contributed by atoms with Gasteiger partial charge in [-0.05, 0) is 32.1 Å². The van der Waals surface area contributed by atoms with Gasteiger partial charge in [0.1, 0.15) is 0 Å². The highest BCUT2D eigenvalue weighted by molar-refractivity contribution is 5.92. The van der Waals surface area contributed by atoms with E-state index in [0.29, 0.717) is 12.8 Å². The van der Waals surface area contributed by atoms with Crippen molar-refractivity contribution in [2.45, 2.75) is 45.0 Å². The van der Waals surface area contributed by atoms with Crippen LogP contribution < -0.4 is 0 Å². The average molecular weight is 294 g/mol. The summed E-state index contributed by atoms with van der Waals surface area (Å²) in [5.74, 6) is -1.18. The molecule has 114 valence electrons. The smallest absolute Gasteiger partial charge is 0.439 e.